The van der Waals surface area contributed by atoms with Crippen LogP contribution in [0.4, 0.5) is 5.69 Å². The first-order valence-electron chi connectivity index (χ1n) is 8.14. The molecule has 0 saturated heterocycles. The molecule has 2 N–H and O–H groups in total. The molecule has 2 aromatic carbocycles. The minimum atomic E-state index is -0.720. The molecular formula is C19H16N4O3. The second-order valence-electron chi connectivity index (χ2n) is 5.92. The Hall–Kier alpha value is -3.61. The molecule has 0 saturated carbocycles. The molecule has 2 heterocycles. The van der Waals surface area contributed by atoms with Gasteiger partial charge in [-0.05, 0) is 37.3 Å². The Morgan fingerprint density at radius 2 is 2.04 bits per heavy atom. The lowest BCUT2D eigenvalue weighted by molar-refractivity contribution is -0.118. The van der Waals surface area contributed by atoms with Crippen molar-refractivity contribution in [3.8, 4) is 11.3 Å². The van der Waals surface area contributed by atoms with E-state index >= 15 is 0 Å². The van der Waals surface area contributed by atoms with E-state index in [9.17, 15) is 9.59 Å². The van der Waals surface area contributed by atoms with Gasteiger partial charge in [0.15, 0.2) is 5.58 Å². The van der Waals surface area contributed by atoms with Crippen LogP contribution in [0.15, 0.2) is 70.0 Å². The normalized spacial score (nSPS) is 12.2. The summed E-state index contributed by atoms with van der Waals surface area (Å²) in [5.41, 5.74) is 3.43. The first-order valence-corrected chi connectivity index (χ1v) is 8.14. The van der Waals surface area contributed by atoms with Crippen molar-refractivity contribution in [1.29, 1.82) is 0 Å². The number of amides is 1. The van der Waals surface area contributed by atoms with E-state index < -0.39 is 11.8 Å². The molecule has 0 bridgehead atoms. The average molecular weight is 348 g/mol. The highest BCUT2D eigenvalue weighted by Gasteiger charge is 2.21. The van der Waals surface area contributed by atoms with Crippen molar-refractivity contribution in [2.45, 2.75) is 13.0 Å². The molecule has 0 fully saturated rings. The van der Waals surface area contributed by atoms with E-state index in [2.05, 4.69) is 15.5 Å². The van der Waals surface area contributed by atoms with Crippen LogP contribution in [0.2, 0.25) is 0 Å². The maximum atomic E-state index is 12.7. The number of hydrogen-bond donors (Lipinski definition) is 2. The van der Waals surface area contributed by atoms with E-state index in [4.69, 9.17) is 4.42 Å². The van der Waals surface area contributed by atoms with Gasteiger partial charge in [-0.2, -0.15) is 5.10 Å². The Morgan fingerprint density at radius 3 is 2.85 bits per heavy atom. The summed E-state index contributed by atoms with van der Waals surface area (Å²) >= 11 is 0. The quantitative estimate of drug-likeness (QED) is 0.592. The van der Waals surface area contributed by atoms with E-state index in [0.717, 1.165) is 11.3 Å². The monoisotopic (exact) mass is 348 g/mol. The third kappa shape index (κ3) is 2.79. The van der Waals surface area contributed by atoms with Gasteiger partial charge < -0.3 is 9.73 Å². The van der Waals surface area contributed by atoms with Gasteiger partial charge in [0.25, 0.3) is 0 Å². The molecule has 0 aliphatic carbocycles. The Morgan fingerprint density at radius 1 is 1.19 bits per heavy atom. The van der Waals surface area contributed by atoms with Crippen molar-refractivity contribution < 1.29 is 9.21 Å². The summed E-state index contributed by atoms with van der Waals surface area (Å²) in [6.45, 7) is 1.66. The minimum absolute atomic E-state index is 0.305. The number of rotatable bonds is 4. The minimum Gasteiger partial charge on any atom is -0.408 e. The van der Waals surface area contributed by atoms with Crippen molar-refractivity contribution in [3.63, 3.8) is 0 Å². The van der Waals surface area contributed by atoms with E-state index in [1.165, 1.54) is 4.57 Å². The molecular weight excluding hydrogens is 332 g/mol. The fourth-order valence-electron chi connectivity index (χ4n) is 2.90. The summed E-state index contributed by atoms with van der Waals surface area (Å²) in [6.07, 6.45) is 1.67. The summed E-state index contributed by atoms with van der Waals surface area (Å²) in [7, 11) is 0. The molecule has 0 unspecified atom stereocenters. The Labute approximate surface area is 148 Å². The molecule has 130 valence electrons. The smallest absolute Gasteiger partial charge is 0.408 e. The number of nitrogens with zero attached hydrogens (tertiary/aromatic N) is 2. The van der Waals surface area contributed by atoms with Crippen LogP contribution in [-0.2, 0) is 4.79 Å². The molecule has 7 heteroatoms. The molecule has 26 heavy (non-hydrogen) atoms. The largest absolute Gasteiger partial charge is 0.420 e. The summed E-state index contributed by atoms with van der Waals surface area (Å²) < 4.78 is 6.56. The van der Waals surface area contributed by atoms with Crippen LogP contribution in [0.1, 0.15) is 13.0 Å². The zero-order chi connectivity index (χ0) is 18.1. The summed E-state index contributed by atoms with van der Waals surface area (Å²) in [5, 5.41) is 9.66. The van der Waals surface area contributed by atoms with Crippen LogP contribution in [0, 0.1) is 0 Å². The SMILES string of the molecule is C[C@@H](C(=O)Nc1cccc(-c2ccn[nH]2)c1)n1c(=O)oc2ccccc21. The zero-order valence-corrected chi connectivity index (χ0v) is 14.0. The molecule has 0 aliphatic heterocycles. The van der Waals surface area contributed by atoms with Crippen molar-refractivity contribution in [3.05, 3.63) is 71.3 Å². The number of anilines is 1. The lowest BCUT2D eigenvalue weighted by Gasteiger charge is -2.13. The van der Waals surface area contributed by atoms with E-state index in [1.54, 1.807) is 43.5 Å². The summed E-state index contributed by atoms with van der Waals surface area (Å²) in [5.74, 6) is -0.861. The number of aromatic nitrogens is 3. The van der Waals surface area contributed by atoms with Crippen molar-refractivity contribution in [2.24, 2.45) is 0 Å². The zero-order valence-electron chi connectivity index (χ0n) is 14.0. The molecule has 0 aliphatic rings. The molecule has 4 aromatic rings. The molecule has 0 spiro atoms. The van der Waals surface area contributed by atoms with Crippen molar-refractivity contribution >= 4 is 22.7 Å². The highest BCUT2D eigenvalue weighted by atomic mass is 16.4. The fourth-order valence-corrected chi connectivity index (χ4v) is 2.90. The Kier molecular flexibility index (Phi) is 3.89. The Balaban J connectivity index is 1.61. The highest BCUT2D eigenvalue weighted by Crippen LogP contribution is 2.22. The van der Waals surface area contributed by atoms with Gasteiger partial charge in [-0.3, -0.25) is 14.5 Å². The van der Waals surface area contributed by atoms with Gasteiger partial charge in [-0.15, -0.1) is 0 Å². The number of aromatic amines is 1. The van der Waals surface area contributed by atoms with Gasteiger partial charge >= 0.3 is 5.76 Å². The first kappa shape index (κ1) is 15.9. The van der Waals surface area contributed by atoms with Crippen LogP contribution in [-0.4, -0.2) is 20.7 Å². The number of oxazole rings is 1. The maximum Gasteiger partial charge on any atom is 0.420 e. The van der Waals surface area contributed by atoms with Crippen LogP contribution < -0.4 is 11.1 Å². The molecule has 4 rings (SSSR count). The molecule has 1 amide bonds. The second-order valence-corrected chi connectivity index (χ2v) is 5.92. The Bertz CT molecular complexity index is 1130. The summed E-state index contributed by atoms with van der Waals surface area (Å²) in [4.78, 5) is 24.8. The van der Waals surface area contributed by atoms with Gasteiger partial charge in [0.2, 0.25) is 5.91 Å². The van der Waals surface area contributed by atoms with Crippen LogP contribution in [0.25, 0.3) is 22.4 Å². The van der Waals surface area contributed by atoms with Gasteiger partial charge in [0, 0.05) is 17.4 Å². The van der Waals surface area contributed by atoms with E-state index in [-0.39, 0.29) is 5.91 Å². The number of para-hydroxylation sites is 2. The van der Waals surface area contributed by atoms with E-state index in [1.807, 2.05) is 24.3 Å². The van der Waals surface area contributed by atoms with Gasteiger partial charge in [-0.1, -0.05) is 24.3 Å². The number of benzene rings is 2. The van der Waals surface area contributed by atoms with Crippen LogP contribution >= 0.6 is 0 Å². The van der Waals surface area contributed by atoms with Crippen LogP contribution in [0.5, 0.6) is 0 Å². The third-order valence-electron chi connectivity index (χ3n) is 4.23. The number of carbonyl (C=O) groups is 1. The number of fused-ring (bicyclic) bond motifs is 1. The molecule has 0 radical (unpaired) electrons. The topological polar surface area (TPSA) is 92.9 Å². The fraction of sp³-hybridized carbons (Fsp3) is 0.105. The standard InChI is InChI=1S/C19H16N4O3/c1-12(23-16-7-2-3-8-17(16)26-19(23)25)18(24)21-14-6-4-5-13(11-14)15-9-10-20-22-15/h2-12H,1H3,(H,20,22)(H,21,24)/t12-/m0/s1. The van der Waals surface area contributed by atoms with Gasteiger partial charge in [-0.25, -0.2) is 4.79 Å². The number of carbonyl (C=O) groups excluding carboxylic acids is 1. The van der Waals surface area contributed by atoms with Crippen molar-refractivity contribution in [2.75, 3.05) is 5.32 Å². The number of hydrogen-bond acceptors (Lipinski definition) is 4. The highest BCUT2D eigenvalue weighted by molar-refractivity contribution is 5.95. The third-order valence-corrected chi connectivity index (χ3v) is 4.23. The van der Waals surface area contributed by atoms with E-state index in [0.29, 0.717) is 16.8 Å². The lowest BCUT2D eigenvalue weighted by Crippen LogP contribution is -2.29. The predicted molar refractivity (Wildman–Crippen MR) is 97.8 cm³/mol. The average Bonchev–Trinajstić information content (AvgIpc) is 3.28. The number of nitrogens with one attached hydrogen (secondary N) is 2. The molecule has 1 atom stereocenters. The second kappa shape index (κ2) is 6.36. The van der Waals surface area contributed by atoms with Gasteiger partial charge in [0.1, 0.15) is 6.04 Å². The number of H-pyrrole nitrogens is 1. The first-order chi connectivity index (χ1) is 12.6. The summed E-state index contributed by atoms with van der Waals surface area (Å²) in [6, 6.07) is 15.6. The van der Waals surface area contributed by atoms with Crippen LogP contribution in [0.3, 0.4) is 0 Å². The molecule has 2 aromatic heterocycles. The predicted octanol–water partition coefficient (Wildman–Crippen LogP) is 3.18. The van der Waals surface area contributed by atoms with Gasteiger partial charge in [0.05, 0.1) is 11.2 Å². The lowest BCUT2D eigenvalue weighted by atomic mass is 10.1. The maximum absolute atomic E-state index is 12.7. The van der Waals surface area contributed by atoms with Crippen molar-refractivity contribution in [1.82, 2.24) is 14.8 Å². The molecule has 7 nitrogen and oxygen atoms in total.